The Balaban J connectivity index is 1.95. The van der Waals surface area contributed by atoms with E-state index in [0.717, 1.165) is 12.1 Å². The Bertz CT molecular complexity index is 1020. The number of rotatable bonds is 5. The van der Waals surface area contributed by atoms with Gasteiger partial charge in [0.25, 0.3) is 5.91 Å². The molecule has 11 heteroatoms. The molecule has 160 valence electrons. The van der Waals surface area contributed by atoms with Crippen molar-refractivity contribution >= 4 is 34.9 Å². The molecule has 2 amide bonds. The number of amides is 2. The molecule has 30 heavy (non-hydrogen) atoms. The Kier molecular flexibility index (Phi) is 5.64. The van der Waals surface area contributed by atoms with Crippen LogP contribution in [0.4, 0.5) is 23.2 Å². The Morgan fingerprint density at radius 2 is 1.93 bits per heavy atom. The maximum Gasteiger partial charge on any atom is 0.408 e. The van der Waals surface area contributed by atoms with Gasteiger partial charge in [-0.05, 0) is 43.7 Å². The normalized spacial score (nSPS) is 19.1. The quantitative estimate of drug-likeness (QED) is 0.421. The lowest BCUT2D eigenvalue weighted by Gasteiger charge is -2.26. The van der Waals surface area contributed by atoms with Crippen LogP contribution in [0.25, 0.3) is 0 Å². The molecule has 0 fully saturated rings. The highest BCUT2D eigenvalue weighted by Gasteiger charge is 2.55. The maximum absolute atomic E-state index is 13.4. The zero-order chi connectivity index (χ0) is 22.3. The molecule has 0 radical (unpaired) electrons. The van der Waals surface area contributed by atoms with Crippen molar-refractivity contribution in [3.63, 3.8) is 0 Å². The number of Topliss-reactive ketones (excluding diaryl/α,β-unsaturated/α-hetero) is 1. The van der Waals surface area contributed by atoms with E-state index in [-0.39, 0.29) is 29.4 Å². The van der Waals surface area contributed by atoms with Gasteiger partial charge in [-0.2, -0.15) is 13.2 Å². The first-order valence-corrected chi connectivity index (χ1v) is 9.18. The molecule has 0 aliphatic carbocycles. The number of aryl methyl sites for hydroxylation is 1. The highest BCUT2D eigenvalue weighted by molar-refractivity contribution is 6.45. The molecule has 0 saturated heterocycles. The predicted octanol–water partition coefficient (Wildman–Crippen LogP) is 3.20. The van der Waals surface area contributed by atoms with Gasteiger partial charge in [-0.15, -0.1) is 0 Å². The van der Waals surface area contributed by atoms with E-state index in [9.17, 15) is 31.9 Å². The summed E-state index contributed by atoms with van der Waals surface area (Å²) in [5, 5.41) is 3.74. The van der Waals surface area contributed by atoms with Crippen LogP contribution < -0.4 is 10.6 Å². The average Bonchev–Trinajstić information content (AvgIpc) is 3.26. The Labute approximate surface area is 173 Å². The number of ketones is 1. The highest BCUT2D eigenvalue weighted by Crippen LogP contribution is 2.38. The number of halogens is 5. The van der Waals surface area contributed by atoms with E-state index in [4.69, 9.17) is 11.6 Å². The van der Waals surface area contributed by atoms with Crippen LogP contribution in [-0.4, -0.2) is 34.4 Å². The average molecular weight is 446 g/mol. The fraction of sp³-hybridized carbons (Fsp3) is 0.316. The Morgan fingerprint density at radius 3 is 2.57 bits per heavy atom. The summed E-state index contributed by atoms with van der Waals surface area (Å²) in [5.41, 5.74) is -1.81. The third-order valence-electron chi connectivity index (χ3n) is 4.99. The van der Waals surface area contributed by atoms with E-state index in [0.29, 0.717) is 6.92 Å². The van der Waals surface area contributed by atoms with Crippen molar-refractivity contribution in [3.05, 3.63) is 53.1 Å². The van der Waals surface area contributed by atoms with Gasteiger partial charge >= 0.3 is 6.18 Å². The van der Waals surface area contributed by atoms with Crippen LogP contribution in [0, 0.1) is 5.82 Å². The number of hydrogen-bond donors (Lipinski definition) is 2. The zero-order valence-corrected chi connectivity index (χ0v) is 16.3. The number of aromatic nitrogens is 1. The molecule has 0 saturated carbocycles. The second-order valence-corrected chi connectivity index (χ2v) is 7.30. The summed E-state index contributed by atoms with van der Waals surface area (Å²) in [6.07, 6.45) is -3.30. The fourth-order valence-corrected chi connectivity index (χ4v) is 3.51. The van der Waals surface area contributed by atoms with Crippen molar-refractivity contribution in [1.29, 1.82) is 0 Å². The van der Waals surface area contributed by atoms with Crippen molar-refractivity contribution in [1.82, 2.24) is 9.88 Å². The van der Waals surface area contributed by atoms with Crippen LogP contribution in [0.3, 0.4) is 0 Å². The van der Waals surface area contributed by atoms with Gasteiger partial charge in [-0.3, -0.25) is 14.4 Å². The van der Waals surface area contributed by atoms with Crippen molar-refractivity contribution in [2.75, 3.05) is 5.32 Å². The lowest BCUT2D eigenvalue weighted by molar-refractivity contribution is -0.161. The summed E-state index contributed by atoms with van der Waals surface area (Å²) in [7, 11) is 0. The van der Waals surface area contributed by atoms with E-state index in [1.165, 1.54) is 12.1 Å². The third kappa shape index (κ3) is 3.79. The molecule has 1 aromatic carbocycles. The lowest BCUT2D eigenvalue weighted by atomic mass is 9.77. The number of hydrogen-bond acceptors (Lipinski definition) is 3. The second kappa shape index (κ2) is 7.75. The summed E-state index contributed by atoms with van der Waals surface area (Å²) < 4.78 is 53.3. The summed E-state index contributed by atoms with van der Waals surface area (Å²) in [6.45, 7) is 0.892. The summed E-state index contributed by atoms with van der Waals surface area (Å²) >= 11 is 5.70. The van der Waals surface area contributed by atoms with Crippen LogP contribution in [-0.2, 0) is 26.3 Å². The number of benzene rings is 1. The van der Waals surface area contributed by atoms with E-state index < -0.39 is 41.0 Å². The molecule has 0 bridgehead atoms. The van der Waals surface area contributed by atoms with Gasteiger partial charge in [0.1, 0.15) is 11.9 Å². The van der Waals surface area contributed by atoms with E-state index in [2.05, 4.69) is 5.32 Å². The SMILES string of the molecule is CC(NC(=O)C(=O)[C@@]1(C(=O)Nc2ccc(F)c(Cl)c2)CCn2cccc21)C(F)(F)F. The molecule has 1 aliphatic heterocycles. The van der Waals surface area contributed by atoms with Crippen LogP contribution in [0.2, 0.25) is 5.02 Å². The molecule has 6 nitrogen and oxygen atoms in total. The Hall–Kier alpha value is -2.88. The van der Waals surface area contributed by atoms with Crippen molar-refractivity contribution in [2.24, 2.45) is 0 Å². The number of carbonyl (C=O) groups is 3. The number of nitrogens with zero attached hydrogens (tertiary/aromatic N) is 1. The van der Waals surface area contributed by atoms with Gasteiger partial charge in [-0.25, -0.2) is 4.39 Å². The highest BCUT2D eigenvalue weighted by atomic mass is 35.5. The molecular weight excluding hydrogens is 430 g/mol. The largest absolute Gasteiger partial charge is 0.408 e. The monoisotopic (exact) mass is 445 g/mol. The van der Waals surface area contributed by atoms with Gasteiger partial charge in [-0.1, -0.05) is 11.6 Å². The summed E-state index contributed by atoms with van der Waals surface area (Å²) in [5.74, 6) is -4.50. The minimum Gasteiger partial charge on any atom is -0.350 e. The molecule has 1 unspecified atom stereocenters. The first-order chi connectivity index (χ1) is 14.0. The molecular formula is C19H16ClF4N3O3. The maximum atomic E-state index is 13.4. The molecule has 1 aliphatic rings. The molecule has 2 aromatic rings. The number of alkyl halides is 3. The molecule has 1 aromatic heterocycles. The number of anilines is 1. The summed E-state index contributed by atoms with van der Waals surface area (Å²) in [4.78, 5) is 38.5. The van der Waals surface area contributed by atoms with Crippen molar-refractivity contribution in [3.8, 4) is 0 Å². The van der Waals surface area contributed by atoms with E-state index in [1.54, 1.807) is 22.1 Å². The Morgan fingerprint density at radius 1 is 1.23 bits per heavy atom. The van der Waals surface area contributed by atoms with Crippen LogP contribution in [0.5, 0.6) is 0 Å². The van der Waals surface area contributed by atoms with Crippen LogP contribution in [0.15, 0.2) is 36.5 Å². The molecule has 3 rings (SSSR count). The topological polar surface area (TPSA) is 80.2 Å². The minimum atomic E-state index is -4.76. The van der Waals surface area contributed by atoms with Gasteiger partial charge < -0.3 is 15.2 Å². The van der Waals surface area contributed by atoms with Crippen LogP contribution in [0.1, 0.15) is 19.0 Å². The first kappa shape index (κ1) is 21.8. The molecule has 2 heterocycles. The predicted molar refractivity (Wildman–Crippen MR) is 99.4 cm³/mol. The minimum absolute atomic E-state index is 0.0626. The fourth-order valence-electron chi connectivity index (χ4n) is 3.33. The van der Waals surface area contributed by atoms with E-state index >= 15 is 0 Å². The summed E-state index contributed by atoms with van der Waals surface area (Å²) in [6, 6.07) is 4.04. The number of nitrogens with one attached hydrogen (secondary N) is 2. The molecule has 0 spiro atoms. The lowest BCUT2D eigenvalue weighted by Crippen LogP contribution is -2.55. The van der Waals surface area contributed by atoms with Gasteiger partial charge in [0.15, 0.2) is 5.41 Å². The van der Waals surface area contributed by atoms with E-state index in [1.807, 2.05) is 0 Å². The van der Waals surface area contributed by atoms with Gasteiger partial charge in [0, 0.05) is 24.1 Å². The second-order valence-electron chi connectivity index (χ2n) is 6.89. The smallest absolute Gasteiger partial charge is 0.350 e. The number of carbonyl (C=O) groups excluding carboxylic acids is 3. The first-order valence-electron chi connectivity index (χ1n) is 8.81. The van der Waals surface area contributed by atoms with Gasteiger partial charge in [0.2, 0.25) is 11.7 Å². The molecule has 2 atom stereocenters. The zero-order valence-electron chi connectivity index (χ0n) is 15.5. The van der Waals surface area contributed by atoms with Crippen LogP contribution >= 0.6 is 11.6 Å². The third-order valence-corrected chi connectivity index (χ3v) is 5.28. The van der Waals surface area contributed by atoms with Crippen molar-refractivity contribution < 1.29 is 31.9 Å². The number of fused-ring (bicyclic) bond motifs is 1. The van der Waals surface area contributed by atoms with Gasteiger partial charge in [0.05, 0.1) is 5.02 Å². The van der Waals surface area contributed by atoms with Crippen molar-refractivity contribution in [2.45, 2.75) is 37.5 Å². The standard InChI is InChI=1S/C19H16ClF4N3O3/c1-10(19(22,23)24)25-16(29)15(28)18(6-8-27-7-2-3-14(18)27)17(30)26-11-4-5-13(21)12(20)9-11/h2-5,7,9-10H,6,8H2,1H3,(H,25,29)(H,26,30)/t10?,18-/m1/s1. The molecule has 2 N–H and O–H groups in total.